The third-order valence-electron chi connectivity index (χ3n) is 4.22. The molecule has 0 fully saturated rings. The number of carboxylic acid groups (broad SMARTS) is 1. The van der Waals surface area contributed by atoms with Crippen molar-refractivity contribution >= 4 is 39.2 Å². The standard InChI is InChI=1S/C19H16Cl2N2O5S/c20-14-9-6-12(10-15(14)21)19-18(16(28-23-19)2-1-3-17(24)25)11-4-7-13(8-5-11)29(22,26)27/h4-10H,1-3H2,(H,24,25)(H2,22,26,27). The largest absolute Gasteiger partial charge is 0.481 e. The Bertz CT molecular complexity index is 1160. The average Bonchev–Trinajstić information content (AvgIpc) is 3.07. The molecule has 0 bridgehead atoms. The lowest BCUT2D eigenvalue weighted by molar-refractivity contribution is -0.137. The molecular formula is C19H16Cl2N2O5S. The lowest BCUT2D eigenvalue weighted by Gasteiger charge is -2.07. The molecule has 0 aliphatic carbocycles. The Kier molecular flexibility index (Phi) is 6.28. The van der Waals surface area contributed by atoms with E-state index in [1.165, 1.54) is 12.1 Å². The number of aromatic nitrogens is 1. The fourth-order valence-corrected chi connectivity index (χ4v) is 3.66. The molecule has 0 saturated heterocycles. The molecule has 1 heterocycles. The number of benzene rings is 2. The van der Waals surface area contributed by atoms with Crippen LogP contribution in [0.3, 0.4) is 0 Å². The Labute approximate surface area is 177 Å². The molecule has 0 aliphatic heterocycles. The molecule has 2 aromatic carbocycles. The molecule has 0 spiro atoms. The molecule has 0 unspecified atom stereocenters. The normalized spacial score (nSPS) is 11.6. The molecule has 0 saturated carbocycles. The number of carboxylic acids is 1. The number of halogens is 2. The van der Waals surface area contributed by atoms with Crippen molar-refractivity contribution in [3.05, 3.63) is 58.3 Å². The van der Waals surface area contributed by atoms with Crippen molar-refractivity contribution in [3.8, 4) is 22.4 Å². The van der Waals surface area contributed by atoms with Crippen molar-refractivity contribution in [2.45, 2.75) is 24.2 Å². The Morgan fingerprint density at radius 2 is 1.72 bits per heavy atom. The van der Waals surface area contributed by atoms with Crippen LogP contribution < -0.4 is 5.14 Å². The molecule has 3 N–H and O–H groups in total. The summed E-state index contributed by atoms with van der Waals surface area (Å²) < 4.78 is 28.5. The summed E-state index contributed by atoms with van der Waals surface area (Å²) in [7, 11) is -3.83. The summed E-state index contributed by atoms with van der Waals surface area (Å²) in [5, 5.41) is 18.9. The highest BCUT2D eigenvalue weighted by Gasteiger charge is 2.21. The van der Waals surface area contributed by atoms with Crippen LogP contribution in [0, 0.1) is 0 Å². The number of nitrogens with two attached hydrogens (primary N) is 1. The summed E-state index contributed by atoms with van der Waals surface area (Å²) in [6, 6.07) is 11.0. The molecule has 0 atom stereocenters. The Hall–Kier alpha value is -2.39. The lowest BCUT2D eigenvalue weighted by atomic mass is 9.97. The van der Waals surface area contributed by atoms with Crippen LogP contribution in [0.2, 0.25) is 10.0 Å². The second kappa shape index (κ2) is 8.54. The summed E-state index contributed by atoms with van der Waals surface area (Å²) in [5.74, 6) is -0.427. The fourth-order valence-electron chi connectivity index (χ4n) is 2.84. The lowest BCUT2D eigenvalue weighted by Crippen LogP contribution is -2.11. The number of rotatable bonds is 7. The first-order valence-electron chi connectivity index (χ1n) is 8.46. The van der Waals surface area contributed by atoms with Gasteiger partial charge in [0.25, 0.3) is 0 Å². The molecule has 3 aromatic rings. The van der Waals surface area contributed by atoms with Gasteiger partial charge in [0, 0.05) is 18.4 Å². The zero-order chi connectivity index (χ0) is 21.2. The summed E-state index contributed by atoms with van der Waals surface area (Å²) in [5.41, 5.74) is 2.40. The topological polar surface area (TPSA) is 123 Å². The number of hydrogen-bond acceptors (Lipinski definition) is 5. The van der Waals surface area contributed by atoms with Crippen molar-refractivity contribution < 1.29 is 22.8 Å². The number of aryl methyl sites for hydroxylation is 1. The van der Waals surface area contributed by atoms with Crippen LogP contribution in [-0.4, -0.2) is 24.7 Å². The number of hydrogen-bond donors (Lipinski definition) is 2. The SMILES string of the molecule is NS(=O)(=O)c1ccc(-c2c(-c3ccc(Cl)c(Cl)c3)noc2CCCC(=O)O)cc1. The molecule has 0 radical (unpaired) electrons. The highest BCUT2D eigenvalue weighted by atomic mass is 35.5. The van der Waals surface area contributed by atoms with Gasteiger partial charge in [-0.2, -0.15) is 0 Å². The molecule has 152 valence electrons. The smallest absolute Gasteiger partial charge is 0.303 e. The average molecular weight is 455 g/mol. The van der Waals surface area contributed by atoms with Gasteiger partial charge in [-0.05, 0) is 36.2 Å². The third kappa shape index (κ3) is 4.97. The monoisotopic (exact) mass is 454 g/mol. The van der Waals surface area contributed by atoms with E-state index in [0.29, 0.717) is 51.0 Å². The molecular weight excluding hydrogens is 439 g/mol. The summed E-state index contributed by atoms with van der Waals surface area (Å²) in [6.07, 6.45) is 0.674. The Morgan fingerprint density at radius 3 is 2.31 bits per heavy atom. The van der Waals surface area contributed by atoms with E-state index >= 15 is 0 Å². The van der Waals surface area contributed by atoms with E-state index in [9.17, 15) is 13.2 Å². The van der Waals surface area contributed by atoms with E-state index in [1.54, 1.807) is 30.3 Å². The fraction of sp³-hybridized carbons (Fsp3) is 0.158. The molecule has 7 nitrogen and oxygen atoms in total. The van der Waals surface area contributed by atoms with Crippen LogP contribution in [0.15, 0.2) is 51.9 Å². The van der Waals surface area contributed by atoms with Gasteiger partial charge in [0.2, 0.25) is 10.0 Å². The van der Waals surface area contributed by atoms with E-state index in [2.05, 4.69) is 5.16 Å². The number of carbonyl (C=O) groups is 1. The molecule has 0 amide bonds. The van der Waals surface area contributed by atoms with Gasteiger partial charge in [0.1, 0.15) is 11.5 Å². The van der Waals surface area contributed by atoms with Crippen LogP contribution in [0.5, 0.6) is 0 Å². The van der Waals surface area contributed by atoms with Gasteiger partial charge in [-0.15, -0.1) is 0 Å². The van der Waals surface area contributed by atoms with Gasteiger partial charge in [-0.25, -0.2) is 13.6 Å². The second-order valence-corrected chi connectivity index (χ2v) is 8.65. The van der Waals surface area contributed by atoms with Crippen molar-refractivity contribution in [2.75, 3.05) is 0 Å². The highest BCUT2D eigenvalue weighted by molar-refractivity contribution is 7.89. The predicted molar refractivity (Wildman–Crippen MR) is 109 cm³/mol. The van der Waals surface area contributed by atoms with Crippen LogP contribution in [0.1, 0.15) is 18.6 Å². The minimum Gasteiger partial charge on any atom is -0.481 e. The van der Waals surface area contributed by atoms with Gasteiger partial charge >= 0.3 is 5.97 Å². The van der Waals surface area contributed by atoms with Crippen molar-refractivity contribution in [1.82, 2.24) is 5.16 Å². The van der Waals surface area contributed by atoms with Crippen LogP contribution in [0.4, 0.5) is 0 Å². The second-order valence-electron chi connectivity index (χ2n) is 6.27. The maximum Gasteiger partial charge on any atom is 0.303 e. The molecule has 1 aromatic heterocycles. The van der Waals surface area contributed by atoms with E-state index in [-0.39, 0.29) is 11.3 Å². The number of nitrogens with zero attached hydrogens (tertiary/aromatic N) is 1. The van der Waals surface area contributed by atoms with Gasteiger partial charge in [0.05, 0.1) is 20.5 Å². The van der Waals surface area contributed by atoms with Gasteiger partial charge in [0.15, 0.2) is 0 Å². The van der Waals surface area contributed by atoms with Crippen LogP contribution in [0.25, 0.3) is 22.4 Å². The van der Waals surface area contributed by atoms with Crippen molar-refractivity contribution in [2.24, 2.45) is 5.14 Å². The van der Waals surface area contributed by atoms with E-state index < -0.39 is 16.0 Å². The molecule has 29 heavy (non-hydrogen) atoms. The summed E-state index contributed by atoms with van der Waals surface area (Å²) >= 11 is 12.1. The quantitative estimate of drug-likeness (QED) is 0.545. The molecule has 10 heteroatoms. The highest BCUT2D eigenvalue weighted by Crippen LogP contribution is 2.37. The minimum atomic E-state index is -3.83. The first kappa shape index (κ1) is 21.3. The Balaban J connectivity index is 2.08. The minimum absolute atomic E-state index is 0.0212. The van der Waals surface area contributed by atoms with Crippen molar-refractivity contribution in [1.29, 1.82) is 0 Å². The van der Waals surface area contributed by atoms with Crippen molar-refractivity contribution in [3.63, 3.8) is 0 Å². The summed E-state index contributed by atoms with van der Waals surface area (Å²) in [4.78, 5) is 10.8. The van der Waals surface area contributed by atoms with Gasteiger partial charge in [-0.3, -0.25) is 4.79 Å². The third-order valence-corrected chi connectivity index (χ3v) is 5.89. The first-order chi connectivity index (χ1) is 13.7. The molecule has 3 rings (SSSR count). The Morgan fingerprint density at radius 1 is 1.07 bits per heavy atom. The summed E-state index contributed by atoms with van der Waals surface area (Å²) in [6.45, 7) is 0. The zero-order valence-electron chi connectivity index (χ0n) is 14.9. The van der Waals surface area contributed by atoms with E-state index in [0.717, 1.165) is 0 Å². The van der Waals surface area contributed by atoms with Crippen LogP contribution >= 0.6 is 23.2 Å². The zero-order valence-corrected chi connectivity index (χ0v) is 17.3. The van der Waals surface area contributed by atoms with E-state index in [4.69, 9.17) is 38.0 Å². The maximum absolute atomic E-state index is 11.5. The predicted octanol–water partition coefficient (Wildman–Crippen LogP) is 4.37. The number of aliphatic carboxylic acids is 1. The number of primary sulfonamides is 1. The molecule has 0 aliphatic rings. The van der Waals surface area contributed by atoms with Gasteiger partial charge < -0.3 is 9.63 Å². The van der Waals surface area contributed by atoms with Crippen LogP contribution in [-0.2, 0) is 21.2 Å². The maximum atomic E-state index is 11.5. The van der Waals surface area contributed by atoms with Gasteiger partial charge in [-0.1, -0.05) is 46.6 Å². The number of sulfonamides is 1. The van der Waals surface area contributed by atoms with E-state index in [1.807, 2.05) is 0 Å². The first-order valence-corrected chi connectivity index (χ1v) is 10.8.